The number of nitrogens with one attached hydrogen (secondary N) is 1. The number of halogens is 3. The van der Waals surface area contributed by atoms with Gasteiger partial charge in [0.15, 0.2) is 0 Å². The number of alkyl halides is 3. The van der Waals surface area contributed by atoms with E-state index in [2.05, 4.69) is 12.2 Å². The molecular weight excluding hydrogens is 223 g/mol. The van der Waals surface area contributed by atoms with Gasteiger partial charge in [-0.05, 0) is 24.8 Å². The third kappa shape index (κ3) is 10.4. The third-order valence-electron chi connectivity index (χ3n) is 2.07. The van der Waals surface area contributed by atoms with E-state index in [-0.39, 0.29) is 22.9 Å². The van der Waals surface area contributed by atoms with Crippen molar-refractivity contribution in [3.63, 3.8) is 0 Å². The van der Waals surface area contributed by atoms with Gasteiger partial charge in [0.05, 0.1) is 0 Å². The molecule has 1 N–H and O–H groups in total. The summed E-state index contributed by atoms with van der Waals surface area (Å²) in [6.07, 6.45) is 1.63. The van der Waals surface area contributed by atoms with Gasteiger partial charge in [-0.3, -0.25) is 0 Å². The molecule has 0 aromatic rings. The standard InChI is InChI=1S/C10H20F3NS/c1-4-6-14-8-9(2,3)5-7-15-10(11,12)13/h14H,4-8H2,1-3H3. The van der Waals surface area contributed by atoms with Crippen LogP contribution in [0.1, 0.15) is 33.6 Å². The molecule has 0 rings (SSSR count). The van der Waals surface area contributed by atoms with Gasteiger partial charge in [-0.1, -0.05) is 32.5 Å². The van der Waals surface area contributed by atoms with Crippen molar-refractivity contribution < 1.29 is 13.2 Å². The highest BCUT2D eigenvalue weighted by Crippen LogP contribution is 2.33. The first-order chi connectivity index (χ1) is 6.77. The van der Waals surface area contributed by atoms with Crippen LogP contribution in [0.2, 0.25) is 0 Å². The Morgan fingerprint density at radius 3 is 2.27 bits per heavy atom. The highest BCUT2D eigenvalue weighted by Gasteiger charge is 2.29. The topological polar surface area (TPSA) is 12.0 Å². The number of thioether (sulfide) groups is 1. The van der Waals surface area contributed by atoms with E-state index in [1.807, 2.05) is 13.8 Å². The van der Waals surface area contributed by atoms with Crippen LogP contribution < -0.4 is 5.32 Å². The minimum absolute atomic E-state index is 0.0621. The van der Waals surface area contributed by atoms with Gasteiger partial charge in [-0.2, -0.15) is 13.2 Å². The van der Waals surface area contributed by atoms with Crippen LogP contribution in [0.3, 0.4) is 0 Å². The lowest BCUT2D eigenvalue weighted by Gasteiger charge is -2.25. The van der Waals surface area contributed by atoms with Crippen LogP contribution in [0, 0.1) is 5.41 Å². The first-order valence-electron chi connectivity index (χ1n) is 5.18. The van der Waals surface area contributed by atoms with Crippen molar-refractivity contribution in [1.29, 1.82) is 0 Å². The third-order valence-corrected chi connectivity index (χ3v) is 2.81. The predicted octanol–water partition coefficient (Wildman–Crippen LogP) is 3.66. The summed E-state index contributed by atoms with van der Waals surface area (Å²) in [5, 5.41) is 3.23. The van der Waals surface area contributed by atoms with Crippen LogP contribution >= 0.6 is 11.8 Å². The molecule has 0 amide bonds. The Bertz CT molecular complexity index is 169. The van der Waals surface area contributed by atoms with Crippen molar-refractivity contribution in [2.45, 2.75) is 39.1 Å². The summed E-state index contributed by atoms with van der Waals surface area (Å²) in [6, 6.07) is 0. The van der Waals surface area contributed by atoms with Crippen molar-refractivity contribution in [3.05, 3.63) is 0 Å². The molecule has 0 spiro atoms. The van der Waals surface area contributed by atoms with Crippen LogP contribution in [-0.2, 0) is 0 Å². The van der Waals surface area contributed by atoms with E-state index < -0.39 is 5.51 Å². The summed E-state index contributed by atoms with van der Waals surface area (Å²) in [6.45, 7) is 7.76. The second-order valence-electron chi connectivity index (χ2n) is 4.39. The summed E-state index contributed by atoms with van der Waals surface area (Å²) >= 11 is 0.0719. The molecule has 0 heterocycles. The molecule has 0 atom stereocenters. The first kappa shape index (κ1) is 15.1. The highest BCUT2D eigenvalue weighted by molar-refractivity contribution is 8.00. The zero-order valence-corrected chi connectivity index (χ0v) is 10.4. The Balaban J connectivity index is 3.64. The summed E-state index contributed by atoms with van der Waals surface area (Å²) in [7, 11) is 0. The monoisotopic (exact) mass is 243 g/mol. The summed E-state index contributed by atoms with van der Waals surface area (Å²) in [4.78, 5) is 0. The Hall–Kier alpha value is 0.100. The molecule has 0 aliphatic carbocycles. The number of rotatable bonds is 7. The quantitative estimate of drug-likeness (QED) is 0.685. The van der Waals surface area contributed by atoms with E-state index in [4.69, 9.17) is 0 Å². The van der Waals surface area contributed by atoms with E-state index in [1.165, 1.54) is 0 Å². The van der Waals surface area contributed by atoms with Crippen molar-refractivity contribution in [3.8, 4) is 0 Å². The Labute approximate surface area is 94.2 Å². The molecule has 0 radical (unpaired) electrons. The zero-order chi connectivity index (χ0) is 11.9. The van der Waals surface area contributed by atoms with Crippen LogP contribution in [0.25, 0.3) is 0 Å². The maximum absolute atomic E-state index is 11.9. The maximum Gasteiger partial charge on any atom is 0.441 e. The molecule has 5 heteroatoms. The van der Waals surface area contributed by atoms with E-state index in [0.717, 1.165) is 19.5 Å². The molecule has 15 heavy (non-hydrogen) atoms. The largest absolute Gasteiger partial charge is 0.441 e. The van der Waals surface area contributed by atoms with Crippen molar-refractivity contribution in [2.24, 2.45) is 5.41 Å². The van der Waals surface area contributed by atoms with E-state index in [1.54, 1.807) is 0 Å². The fourth-order valence-electron chi connectivity index (χ4n) is 1.13. The Kier molecular flexibility index (Phi) is 6.68. The SMILES string of the molecule is CCCNCC(C)(C)CCSC(F)(F)F. The minimum atomic E-state index is -4.09. The molecule has 0 aliphatic rings. The summed E-state index contributed by atoms with van der Waals surface area (Å²) in [5.74, 6) is 0.143. The van der Waals surface area contributed by atoms with Crippen LogP contribution in [-0.4, -0.2) is 24.4 Å². The van der Waals surface area contributed by atoms with Gasteiger partial charge in [-0.25, -0.2) is 0 Å². The molecule has 0 fully saturated rings. The lowest BCUT2D eigenvalue weighted by Crippen LogP contribution is -2.30. The van der Waals surface area contributed by atoms with Crippen LogP contribution in [0.4, 0.5) is 13.2 Å². The second kappa shape index (κ2) is 6.63. The fourth-order valence-corrected chi connectivity index (χ4v) is 2.02. The molecule has 0 aliphatic heterocycles. The fraction of sp³-hybridized carbons (Fsp3) is 1.00. The molecule has 92 valence electrons. The molecule has 0 aromatic heterocycles. The number of hydrogen-bond donors (Lipinski definition) is 1. The zero-order valence-electron chi connectivity index (χ0n) is 9.58. The van der Waals surface area contributed by atoms with Gasteiger partial charge in [0.25, 0.3) is 0 Å². The molecule has 0 unspecified atom stereocenters. The average molecular weight is 243 g/mol. The van der Waals surface area contributed by atoms with Gasteiger partial charge in [-0.15, -0.1) is 0 Å². The minimum Gasteiger partial charge on any atom is -0.316 e. The summed E-state index contributed by atoms with van der Waals surface area (Å²) < 4.78 is 35.7. The van der Waals surface area contributed by atoms with Gasteiger partial charge in [0.2, 0.25) is 0 Å². The lowest BCUT2D eigenvalue weighted by atomic mass is 9.90. The number of hydrogen-bond acceptors (Lipinski definition) is 2. The van der Waals surface area contributed by atoms with E-state index >= 15 is 0 Å². The second-order valence-corrected chi connectivity index (χ2v) is 5.55. The van der Waals surface area contributed by atoms with Gasteiger partial charge >= 0.3 is 5.51 Å². The Morgan fingerprint density at radius 2 is 1.80 bits per heavy atom. The van der Waals surface area contributed by atoms with Gasteiger partial charge < -0.3 is 5.32 Å². The molecule has 0 aromatic carbocycles. The Morgan fingerprint density at radius 1 is 1.20 bits per heavy atom. The normalized spacial score (nSPS) is 13.2. The molecule has 0 bridgehead atoms. The molecule has 0 saturated heterocycles. The van der Waals surface area contributed by atoms with Gasteiger partial charge in [0.1, 0.15) is 0 Å². The summed E-state index contributed by atoms with van der Waals surface area (Å²) in [5.41, 5.74) is -4.15. The smallest absolute Gasteiger partial charge is 0.316 e. The highest BCUT2D eigenvalue weighted by atomic mass is 32.2. The van der Waals surface area contributed by atoms with Crippen LogP contribution in [0.5, 0.6) is 0 Å². The molecular formula is C10H20F3NS. The first-order valence-corrected chi connectivity index (χ1v) is 6.17. The molecule has 1 nitrogen and oxygen atoms in total. The van der Waals surface area contributed by atoms with E-state index in [9.17, 15) is 13.2 Å². The van der Waals surface area contributed by atoms with Crippen molar-refractivity contribution in [1.82, 2.24) is 5.32 Å². The van der Waals surface area contributed by atoms with E-state index in [0.29, 0.717) is 6.42 Å². The van der Waals surface area contributed by atoms with Crippen LogP contribution in [0.15, 0.2) is 0 Å². The van der Waals surface area contributed by atoms with Crippen molar-refractivity contribution in [2.75, 3.05) is 18.8 Å². The van der Waals surface area contributed by atoms with Crippen molar-refractivity contribution >= 4 is 11.8 Å². The molecule has 0 saturated carbocycles. The maximum atomic E-state index is 11.9. The lowest BCUT2D eigenvalue weighted by molar-refractivity contribution is -0.0328. The predicted molar refractivity (Wildman–Crippen MR) is 60.1 cm³/mol. The van der Waals surface area contributed by atoms with Gasteiger partial charge in [0, 0.05) is 12.3 Å². The average Bonchev–Trinajstić information content (AvgIpc) is 2.01.